The van der Waals surface area contributed by atoms with Crippen molar-refractivity contribution in [3.8, 4) is 0 Å². The molecule has 5 nitrogen and oxygen atoms in total. The molecule has 1 aromatic heterocycles. The van der Waals surface area contributed by atoms with Gasteiger partial charge in [0, 0.05) is 6.20 Å². The van der Waals surface area contributed by atoms with Crippen LogP contribution in [0.2, 0.25) is 0 Å². The van der Waals surface area contributed by atoms with Gasteiger partial charge in [0.15, 0.2) is 6.10 Å². The van der Waals surface area contributed by atoms with Crippen molar-refractivity contribution in [3.05, 3.63) is 66.0 Å². The Kier molecular flexibility index (Phi) is 5.91. The molecule has 4 rings (SSSR count). The van der Waals surface area contributed by atoms with E-state index in [1.165, 1.54) is 24.3 Å². The summed E-state index contributed by atoms with van der Waals surface area (Å²) in [5.41, 5.74) is 1.90. The maximum absolute atomic E-state index is 12.7. The van der Waals surface area contributed by atoms with E-state index in [0.29, 0.717) is 12.3 Å². The highest BCUT2D eigenvalue weighted by Crippen LogP contribution is 2.36. The van der Waals surface area contributed by atoms with Crippen LogP contribution in [0.1, 0.15) is 56.4 Å². The lowest BCUT2D eigenvalue weighted by Crippen LogP contribution is -2.40. The number of pyridine rings is 1. The summed E-state index contributed by atoms with van der Waals surface area (Å²) >= 11 is 0. The monoisotopic (exact) mass is 380 g/mol. The van der Waals surface area contributed by atoms with E-state index in [4.69, 9.17) is 9.57 Å². The SMILES string of the molecule is CC(ON1C(=O)OC(c2ccccn2)C1Cc1ccccc1)C1CCCCC1. The fourth-order valence-electron chi connectivity index (χ4n) is 4.33. The van der Waals surface area contributed by atoms with Gasteiger partial charge in [-0.2, -0.15) is 5.06 Å². The first-order valence-electron chi connectivity index (χ1n) is 10.3. The summed E-state index contributed by atoms with van der Waals surface area (Å²) in [7, 11) is 0. The van der Waals surface area contributed by atoms with E-state index in [0.717, 1.165) is 24.1 Å². The van der Waals surface area contributed by atoms with Gasteiger partial charge in [-0.25, -0.2) is 4.79 Å². The number of ether oxygens (including phenoxy) is 1. The summed E-state index contributed by atoms with van der Waals surface area (Å²) in [5.74, 6) is 0.493. The number of rotatable bonds is 6. The predicted octanol–water partition coefficient (Wildman–Crippen LogP) is 5.09. The van der Waals surface area contributed by atoms with Crippen molar-refractivity contribution >= 4 is 6.09 Å². The van der Waals surface area contributed by atoms with Crippen molar-refractivity contribution in [2.24, 2.45) is 5.92 Å². The van der Waals surface area contributed by atoms with E-state index in [9.17, 15) is 4.79 Å². The molecule has 1 aliphatic carbocycles. The van der Waals surface area contributed by atoms with E-state index < -0.39 is 12.2 Å². The normalized spacial score (nSPS) is 24.2. The number of hydrogen-bond donors (Lipinski definition) is 0. The van der Waals surface area contributed by atoms with Crippen LogP contribution in [-0.4, -0.2) is 28.3 Å². The zero-order valence-electron chi connectivity index (χ0n) is 16.4. The molecule has 2 aromatic rings. The second-order valence-corrected chi connectivity index (χ2v) is 7.85. The van der Waals surface area contributed by atoms with Crippen LogP contribution in [-0.2, 0) is 16.0 Å². The lowest BCUT2D eigenvalue weighted by molar-refractivity contribution is -0.186. The third-order valence-corrected chi connectivity index (χ3v) is 5.92. The fraction of sp³-hybridized carbons (Fsp3) is 0.478. The number of amides is 1. The molecule has 1 aliphatic heterocycles. The Balaban J connectivity index is 1.56. The van der Waals surface area contributed by atoms with Gasteiger partial charge in [0.2, 0.25) is 0 Å². The highest BCUT2D eigenvalue weighted by molar-refractivity contribution is 5.69. The summed E-state index contributed by atoms with van der Waals surface area (Å²) in [6, 6.07) is 15.6. The first-order valence-corrected chi connectivity index (χ1v) is 10.3. The predicted molar refractivity (Wildman–Crippen MR) is 106 cm³/mol. The molecule has 0 bridgehead atoms. The van der Waals surface area contributed by atoms with E-state index in [2.05, 4.69) is 24.0 Å². The minimum Gasteiger partial charge on any atom is -0.436 e. The summed E-state index contributed by atoms with van der Waals surface area (Å²) in [6.45, 7) is 2.08. The number of hydrogen-bond acceptors (Lipinski definition) is 4. The molecule has 1 saturated heterocycles. The smallest absolute Gasteiger partial charge is 0.435 e. The molecule has 1 saturated carbocycles. The molecule has 148 valence electrons. The van der Waals surface area contributed by atoms with E-state index in [1.807, 2.05) is 36.4 Å². The maximum atomic E-state index is 12.7. The van der Waals surface area contributed by atoms with Crippen LogP contribution in [0.15, 0.2) is 54.7 Å². The molecule has 2 aliphatic rings. The third kappa shape index (κ3) is 4.20. The second-order valence-electron chi connectivity index (χ2n) is 7.85. The van der Waals surface area contributed by atoms with Gasteiger partial charge in [-0.3, -0.25) is 9.82 Å². The molecule has 0 spiro atoms. The zero-order valence-corrected chi connectivity index (χ0v) is 16.4. The molecule has 2 heterocycles. The van der Waals surface area contributed by atoms with Gasteiger partial charge >= 0.3 is 6.09 Å². The van der Waals surface area contributed by atoms with Crippen LogP contribution < -0.4 is 0 Å². The molecule has 1 aromatic carbocycles. The zero-order chi connectivity index (χ0) is 19.3. The number of carbonyl (C=O) groups is 1. The van der Waals surface area contributed by atoms with Crippen molar-refractivity contribution < 1.29 is 14.4 Å². The lowest BCUT2D eigenvalue weighted by Gasteiger charge is -2.32. The fourth-order valence-corrected chi connectivity index (χ4v) is 4.33. The van der Waals surface area contributed by atoms with Crippen LogP contribution in [0, 0.1) is 5.92 Å². The number of nitrogens with zero attached hydrogens (tertiary/aromatic N) is 2. The molecular formula is C23H28N2O3. The molecule has 1 amide bonds. The minimum atomic E-state index is -0.438. The third-order valence-electron chi connectivity index (χ3n) is 5.92. The van der Waals surface area contributed by atoms with Crippen molar-refractivity contribution in [1.82, 2.24) is 10.0 Å². The number of benzene rings is 1. The van der Waals surface area contributed by atoms with Gasteiger partial charge in [0.05, 0.1) is 11.8 Å². The Morgan fingerprint density at radius 1 is 1.11 bits per heavy atom. The molecule has 5 heteroatoms. The van der Waals surface area contributed by atoms with E-state index in [1.54, 1.807) is 6.20 Å². The van der Waals surface area contributed by atoms with Gasteiger partial charge in [-0.1, -0.05) is 55.7 Å². The van der Waals surface area contributed by atoms with E-state index >= 15 is 0 Å². The average Bonchev–Trinajstić information content (AvgIpc) is 3.05. The summed E-state index contributed by atoms with van der Waals surface area (Å²) in [5, 5.41) is 1.48. The first-order chi connectivity index (χ1) is 13.7. The van der Waals surface area contributed by atoms with Crippen LogP contribution in [0.4, 0.5) is 4.79 Å². The Bertz CT molecular complexity index is 762. The quantitative estimate of drug-likeness (QED) is 0.701. The van der Waals surface area contributed by atoms with Gasteiger partial charge in [0.25, 0.3) is 0 Å². The van der Waals surface area contributed by atoms with Crippen LogP contribution in [0.25, 0.3) is 0 Å². The van der Waals surface area contributed by atoms with Crippen LogP contribution >= 0.6 is 0 Å². The maximum Gasteiger partial charge on any atom is 0.435 e. The van der Waals surface area contributed by atoms with Crippen molar-refractivity contribution in [2.45, 2.75) is 63.7 Å². The Hall–Kier alpha value is -2.40. The summed E-state index contributed by atoms with van der Waals surface area (Å²) in [4.78, 5) is 23.4. The number of carbonyl (C=O) groups excluding carboxylic acids is 1. The molecule has 3 atom stereocenters. The molecule has 0 N–H and O–H groups in total. The minimum absolute atomic E-state index is 0.00592. The molecular weight excluding hydrogens is 352 g/mol. The first kappa shape index (κ1) is 18.9. The van der Waals surface area contributed by atoms with E-state index in [-0.39, 0.29) is 12.1 Å². The number of cyclic esters (lactones) is 1. The highest BCUT2D eigenvalue weighted by Gasteiger charge is 2.45. The molecule has 2 fully saturated rings. The molecule has 28 heavy (non-hydrogen) atoms. The highest BCUT2D eigenvalue weighted by atomic mass is 16.8. The largest absolute Gasteiger partial charge is 0.436 e. The topological polar surface area (TPSA) is 51.7 Å². The Morgan fingerprint density at radius 2 is 1.86 bits per heavy atom. The standard InChI is InChI=1S/C23H28N2O3/c1-17(19-12-6-3-7-13-19)28-25-21(16-18-10-4-2-5-11-18)22(27-23(25)26)20-14-8-9-15-24-20/h2,4-5,8-11,14-15,17,19,21-22H,3,6-7,12-13,16H2,1H3. The summed E-state index contributed by atoms with van der Waals surface area (Å²) in [6.07, 6.45) is 7.64. The lowest BCUT2D eigenvalue weighted by atomic mass is 9.86. The van der Waals surface area contributed by atoms with Crippen LogP contribution in [0.5, 0.6) is 0 Å². The number of aromatic nitrogens is 1. The van der Waals surface area contributed by atoms with Crippen molar-refractivity contribution in [2.75, 3.05) is 0 Å². The van der Waals surface area contributed by atoms with Gasteiger partial charge in [-0.15, -0.1) is 0 Å². The molecule has 3 unspecified atom stereocenters. The van der Waals surface area contributed by atoms with Gasteiger partial charge < -0.3 is 4.74 Å². The Morgan fingerprint density at radius 3 is 2.57 bits per heavy atom. The van der Waals surface area contributed by atoms with Gasteiger partial charge in [0.1, 0.15) is 6.04 Å². The summed E-state index contributed by atoms with van der Waals surface area (Å²) < 4.78 is 5.73. The van der Waals surface area contributed by atoms with Crippen molar-refractivity contribution in [3.63, 3.8) is 0 Å². The molecule has 0 radical (unpaired) electrons. The van der Waals surface area contributed by atoms with Gasteiger partial charge in [-0.05, 0) is 49.8 Å². The average molecular weight is 380 g/mol. The Labute approximate surface area is 166 Å². The second kappa shape index (κ2) is 8.74. The number of hydroxylamine groups is 2. The van der Waals surface area contributed by atoms with Crippen molar-refractivity contribution in [1.29, 1.82) is 0 Å². The van der Waals surface area contributed by atoms with Crippen LogP contribution in [0.3, 0.4) is 0 Å².